The molecule has 19 heavy (non-hydrogen) atoms. The highest BCUT2D eigenvalue weighted by atomic mass is 16.1. The minimum absolute atomic E-state index is 0.130. The van der Waals surface area contributed by atoms with E-state index in [0.29, 0.717) is 22.6 Å². The first-order chi connectivity index (χ1) is 9.25. The minimum atomic E-state index is -0.130. The van der Waals surface area contributed by atoms with Crippen LogP contribution in [0.15, 0.2) is 48.8 Å². The molecule has 2 heterocycles. The lowest BCUT2D eigenvalue weighted by Gasteiger charge is -2.04. The Morgan fingerprint density at radius 2 is 1.84 bits per heavy atom. The Labute approximate surface area is 110 Å². The van der Waals surface area contributed by atoms with Gasteiger partial charge in [-0.25, -0.2) is 9.97 Å². The number of carbonyl (C=O) groups is 1. The summed E-state index contributed by atoms with van der Waals surface area (Å²) in [6, 6.07) is 11.0. The third-order valence-electron chi connectivity index (χ3n) is 2.89. The molecule has 0 aliphatic heterocycles. The molecule has 0 radical (unpaired) electrons. The number of hydrogen-bond donors (Lipinski definition) is 0. The van der Waals surface area contributed by atoms with Crippen LogP contribution in [0.4, 0.5) is 0 Å². The predicted octanol–water partition coefficient (Wildman–Crippen LogP) is 2.56. The fourth-order valence-corrected chi connectivity index (χ4v) is 2.01. The Morgan fingerprint density at radius 3 is 2.68 bits per heavy atom. The van der Waals surface area contributed by atoms with Crippen molar-refractivity contribution in [2.45, 2.75) is 6.92 Å². The smallest absolute Gasteiger partial charge is 0.213 e. The van der Waals surface area contributed by atoms with Crippen LogP contribution < -0.4 is 0 Å². The molecule has 4 nitrogen and oxygen atoms in total. The molecule has 0 atom stereocenters. The van der Waals surface area contributed by atoms with E-state index < -0.39 is 0 Å². The summed E-state index contributed by atoms with van der Waals surface area (Å²) in [5.74, 6) is 0.453. The van der Waals surface area contributed by atoms with E-state index >= 15 is 0 Å². The van der Waals surface area contributed by atoms with Crippen molar-refractivity contribution >= 4 is 16.7 Å². The van der Waals surface area contributed by atoms with Gasteiger partial charge in [-0.15, -0.1) is 0 Å². The molecule has 3 rings (SSSR count). The number of aromatic nitrogens is 3. The lowest BCUT2D eigenvalue weighted by molar-refractivity contribution is 0.103. The maximum Gasteiger partial charge on any atom is 0.213 e. The first kappa shape index (κ1) is 11.5. The number of pyridine rings is 1. The Kier molecular flexibility index (Phi) is 2.76. The summed E-state index contributed by atoms with van der Waals surface area (Å²) in [6.07, 6.45) is 3.28. The van der Waals surface area contributed by atoms with Crippen molar-refractivity contribution in [1.29, 1.82) is 0 Å². The number of fused-ring (bicyclic) bond motifs is 1. The number of rotatable bonds is 2. The van der Waals surface area contributed by atoms with E-state index in [2.05, 4.69) is 15.0 Å². The fraction of sp³-hybridized carbons (Fsp3) is 0.0667. The van der Waals surface area contributed by atoms with E-state index in [1.54, 1.807) is 31.5 Å². The van der Waals surface area contributed by atoms with Gasteiger partial charge in [0.05, 0.1) is 11.1 Å². The molecule has 3 aromatic rings. The van der Waals surface area contributed by atoms with Crippen molar-refractivity contribution in [1.82, 2.24) is 15.0 Å². The molecule has 0 aliphatic carbocycles. The molecule has 0 aliphatic rings. The average molecular weight is 249 g/mol. The van der Waals surface area contributed by atoms with Crippen LogP contribution in [-0.4, -0.2) is 20.7 Å². The Balaban J connectivity index is 2.17. The number of nitrogens with zero attached hydrogens (tertiary/aromatic N) is 3. The van der Waals surface area contributed by atoms with Crippen molar-refractivity contribution in [3.05, 3.63) is 65.9 Å². The van der Waals surface area contributed by atoms with Gasteiger partial charge in [-0.1, -0.05) is 18.2 Å². The van der Waals surface area contributed by atoms with Crippen LogP contribution in [-0.2, 0) is 0 Å². The standard InChI is InChI=1S/C15H11N3O/c1-10-16-9-7-13(18-10)15(19)12-6-2-4-11-5-3-8-17-14(11)12/h2-9H,1H3. The van der Waals surface area contributed by atoms with Crippen LogP contribution in [0.1, 0.15) is 21.9 Å². The molecular weight excluding hydrogens is 238 g/mol. The van der Waals surface area contributed by atoms with E-state index in [1.165, 1.54) is 0 Å². The maximum atomic E-state index is 12.5. The first-order valence-electron chi connectivity index (χ1n) is 5.94. The van der Waals surface area contributed by atoms with Gasteiger partial charge in [0.1, 0.15) is 11.5 Å². The van der Waals surface area contributed by atoms with Crippen molar-refractivity contribution in [2.75, 3.05) is 0 Å². The largest absolute Gasteiger partial charge is 0.287 e. The van der Waals surface area contributed by atoms with Crippen molar-refractivity contribution in [2.24, 2.45) is 0 Å². The summed E-state index contributed by atoms with van der Waals surface area (Å²) in [5, 5.41) is 0.944. The lowest BCUT2D eigenvalue weighted by atomic mass is 10.0. The third-order valence-corrected chi connectivity index (χ3v) is 2.89. The van der Waals surface area contributed by atoms with Crippen molar-refractivity contribution < 1.29 is 4.79 Å². The Hall–Kier alpha value is -2.62. The topological polar surface area (TPSA) is 55.7 Å². The molecule has 0 unspecified atom stereocenters. The number of carbonyl (C=O) groups excluding carboxylic acids is 1. The minimum Gasteiger partial charge on any atom is -0.287 e. The molecule has 0 fully saturated rings. The second-order valence-electron chi connectivity index (χ2n) is 4.20. The van der Waals surface area contributed by atoms with E-state index in [0.717, 1.165) is 5.39 Å². The van der Waals surface area contributed by atoms with Gasteiger partial charge in [-0.2, -0.15) is 0 Å². The molecule has 0 amide bonds. The average Bonchev–Trinajstić information content (AvgIpc) is 2.46. The van der Waals surface area contributed by atoms with Gasteiger partial charge in [0.15, 0.2) is 0 Å². The van der Waals surface area contributed by atoms with Gasteiger partial charge in [0.25, 0.3) is 0 Å². The zero-order valence-electron chi connectivity index (χ0n) is 10.4. The van der Waals surface area contributed by atoms with Crippen LogP contribution in [0, 0.1) is 6.92 Å². The zero-order valence-corrected chi connectivity index (χ0v) is 10.4. The van der Waals surface area contributed by atoms with Crippen molar-refractivity contribution in [3.63, 3.8) is 0 Å². The van der Waals surface area contributed by atoms with Gasteiger partial charge in [0, 0.05) is 17.8 Å². The number of ketones is 1. The molecule has 2 aromatic heterocycles. The third kappa shape index (κ3) is 2.08. The molecule has 0 bridgehead atoms. The molecule has 92 valence electrons. The van der Waals surface area contributed by atoms with Crippen LogP contribution in [0.2, 0.25) is 0 Å². The van der Waals surface area contributed by atoms with E-state index in [4.69, 9.17) is 0 Å². The first-order valence-corrected chi connectivity index (χ1v) is 5.94. The Morgan fingerprint density at radius 1 is 1.00 bits per heavy atom. The van der Waals surface area contributed by atoms with Crippen LogP contribution in [0.25, 0.3) is 10.9 Å². The number of aryl methyl sites for hydroxylation is 1. The van der Waals surface area contributed by atoms with Crippen LogP contribution >= 0.6 is 0 Å². The maximum absolute atomic E-state index is 12.5. The summed E-state index contributed by atoms with van der Waals surface area (Å²) in [7, 11) is 0. The highest BCUT2D eigenvalue weighted by Crippen LogP contribution is 2.18. The zero-order chi connectivity index (χ0) is 13.2. The molecule has 0 N–H and O–H groups in total. The monoisotopic (exact) mass is 249 g/mol. The van der Waals surface area contributed by atoms with Gasteiger partial charge in [0.2, 0.25) is 5.78 Å². The van der Waals surface area contributed by atoms with Gasteiger partial charge >= 0.3 is 0 Å². The molecular formula is C15H11N3O. The molecule has 0 saturated carbocycles. The molecule has 1 aromatic carbocycles. The normalized spacial score (nSPS) is 10.6. The molecule has 0 spiro atoms. The SMILES string of the molecule is Cc1nccc(C(=O)c2cccc3cccnc23)n1. The molecule has 0 saturated heterocycles. The van der Waals surface area contributed by atoms with Crippen LogP contribution in [0.5, 0.6) is 0 Å². The Bertz CT molecular complexity index is 763. The number of para-hydroxylation sites is 1. The highest BCUT2D eigenvalue weighted by Gasteiger charge is 2.14. The summed E-state index contributed by atoms with van der Waals surface area (Å²) in [5.41, 5.74) is 1.66. The highest BCUT2D eigenvalue weighted by molar-refractivity contribution is 6.14. The summed E-state index contributed by atoms with van der Waals surface area (Å²) in [6.45, 7) is 1.76. The second-order valence-corrected chi connectivity index (χ2v) is 4.20. The number of benzene rings is 1. The summed E-state index contributed by atoms with van der Waals surface area (Å²) in [4.78, 5) is 24.9. The number of hydrogen-bond acceptors (Lipinski definition) is 4. The lowest BCUT2D eigenvalue weighted by Crippen LogP contribution is -2.06. The second kappa shape index (κ2) is 4.57. The fourth-order valence-electron chi connectivity index (χ4n) is 2.01. The van der Waals surface area contributed by atoms with Gasteiger partial charge in [-0.3, -0.25) is 9.78 Å². The van der Waals surface area contributed by atoms with Gasteiger partial charge < -0.3 is 0 Å². The van der Waals surface area contributed by atoms with Crippen molar-refractivity contribution in [3.8, 4) is 0 Å². The summed E-state index contributed by atoms with van der Waals surface area (Å²) < 4.78 is 0. The van der Waals surface area contributed by atoms with Crippen LogP contribution in [0.3, 0.4) is 0 Å². The molecule has 4 heteroatoms. The van der Waals surface area contributed by atoms with E-state index in [-0.39, 0.29) is 5.78 Å². The van der Waals surface area contributed by atoms with E-state index in [1.807, 2.05) is 24.3 Å². The van der Waals surface area contributed by atoms with Gasteiger partial charge in [-0.05, 0) is 25.1 Å². The summed E-state index contributed by atoms with van der Waals surface area (Å²) >= 11 is 0. The predicted molar refractivity (Wildman–Crippen MR) is 71.9 cm³/mol. The quantitative estimate of drug-likeness (QED) is 0.655. The van der Waals surface area contributed by atoms with E-state index in [9.17, 15) is 4.79 Å².